The minimum atomic E-state index is 0.211. The molecular weight excluding hydrogens is 438 g/mol. The van der Waals surface area contributed by atoms with Crippen LogP contribution < -0.4 is 9.64 Å². The molecule has 0 unspecified atom stereocenters. The highest BCUT2D eigenvalue weighted by atomic mass is 79.9. The Morgan fingerprint density at radius 1 is 1.14 bits per heavy atom. The summed E-state index contributed by atoms with van der Waals surface area (Å²) < 4.78 is 6.91. The number of nitrogens with zero attached hydrogens (tertiary/aromatic N) is 7. The summed E-state index contributed by atoms with van der Waals surface area (Å²) in [7, 11) is 1.63. The largest absolute Gasteiger partial charge is 0.497 e. The molecule has 0 aliphatic carbocycles. The molecule has 0 atom stereocenters. The second kappa shape index (κ2) is 8.73. The second-order valence-electron chi connectivity index (χ2n) is 6.73. The van der Waals surface area contributed by atoms with Crippen LogP contribution in [-0.2, 0) is 4.79 Å². The van der Waals surface area contributed by atoms with Gasteiger partial charge in [-0.3, -0.25) is 4.79 Å². The predicted molar refractivity (Wildman–Crippen MR) is 113 cm³/mol. The molecule has 3 heterocycles. The summed E-state index contributed by atoms with van der Waals surface area (Å²) in [5.41, 5.74) is 2.15. The molecule has 3 aromatic rings. The number of aromatic nitrogens is 5. The third kappa shape index (κ3) is 4.02. The van der Waals surface area contributed by atoms with Crippen LogP contribution in [0.25, 0.3) is 16.9 Å². The van der Waals surface area contributed by atoms with Gasteiger partial charge in [0.25, 0.3) is 0 Å². The second-order valence-corrected chi connectivity index (χ2v) is 7.52. The number of rotatable bonds is 6. The Bertz CT molecular complexity index is 984. The van der Waals surface area contributed by atoms with E-state index in [0.29, 0.717) is 43.8 Å². The van der Waals surface area contributed by atoms with Gasteiger partial charge in [-0.25, -0.2) is 9.97 Å². The van der Waals surface area contributed by atoms with Gasteiger partial charge in [0.2, 0.25) is 5.91 Å². The number of anilines is 1. The number of amides is 1. The van der Waals surface area contributed by atoms with Crippen LogP contribution >= 0.6 is 15.9 Å². The van der Waals surface area contributed by atoms with Gasteiger partial charge < -0.3 is 14.5 Å². The fourth-order valence-corrected chi connectivity index (χ4v) is 3.69. The first-order chi connectivity index (χ1) is 14.2. The SMILES string of the molecule is COc1ccc(-n2nnc3c(N4CCN(C(=O)CCCBr)CC4)ncnc32)cc1. The first-order valence-electron chi connectivity index (χ1n) is 9.51. The van der Waals surface area contributed by atoms with Crippen molar-refractivity contribution in [1.82, 2.24) is 29.9 Å². The van der Waals surface area contributed by atoms with Gasteiger partial charge in [0, 0.05) is 37.9 Å². The molecular formula is C19H22BrN7O2. The van der Waals surface area contributed by atoms with Crippen molar-refractivity contribution in [2.24, 2.45) is 0 Å². The van der Waals surface area contributed by atoms with Crippen molar-refractivity contribution in [2.75, 3.05) is 43.5 Å². The number of carbonyl (C=O) groups is 1. The molecule has 0 saturated carbocycles. The Morgan fingerprint density at radius 2 is 1.90 bits per heavy atom. The van der Waals surface area contributed by atoms with Crippen molar-refractivity contribution >= 4 is 38.8 Å². The molecule has 0 radical (unpaired) electrons. The lowest BCUT2D eigenvalue weighted by molar-refractivity contribution is -0.131. The molecule has 1 aliphatic rings. The zero-order valence-electron chi connectivity index (χ0n) is 16.2. The average molecular weight is 460 g/mol. The van der Waals surface area contributed by atoms with E-state index in [9.17, 15) is 4.79 Å². The van der Waals surface area contributed by atoms with E-state index in [4.69, 9.17) is 4.74 Å². The topological polar surface area (TPSA) is 89.3 Å². The number of alkyl halides is 1. The normalized spacial score (nSPS) is 14.4. The molecule has 1 fully saturated rings. The summed E-state index contributed by atoms with van der Waals surface area (Å²) in [4.78, 5) is 25.2. The Balaban J connectivity index is 1.53. The molecule has 9 nitrogen and oxygen atoms in total. The zero-order valence-corrected chi connectivity index (χ0v) is 17.7. The first-order valence-corrected chi connectivity index (χ1v) is 10.6. The van der Waals surface area contributed by atoms with Gasteiger partial charge in [-0.15, -0.1) is 5.10 Å². The van der Waals surface area contributed by atoms with E-state index in [1.54, 1.807) is 11.8 Å². The van der Waals surface area contributed by atoms with E-state index in [-0.39, 0.29) is 5.91 Å². The number of carbonyl (C=O) groups excluding carboxylic acids is 1. The minimum Gasteiger partial charge on any atom is -0.497 e. The first kappa shape index (κ1) is 19.6. The van der Waals surface area contributed by atoms with Gasteiger partial charge >= 0.3 is 0 Å². The molecule has 29 heavy (non-hydrogen) atoms. The van der Waals surface area contributed by atoms with E-state index < -0.39 is 0 Å². The molecule has 152 valence electrons. The number of hydrogen-bond acceptors (Lipinski definition) is 7. The van der Waals surface area contributed by atoms with Gasteiger partial charge in [-0.1, -0.05) is 21.1 Å². The van der Waals surface area contributed by atoms with Gasteiger partial charge in [-0.05, 0) is 30.7 Å². The Hall–Kier alpha value is -2.75. The molecule has 1 aromatic carbocycles. The van der Waals surface area contributed by atoms with E-state index in [1.807, 2.05) is 29.2 Å². The number of fused-ring (bicyclic) bond motifs is 1. The van der Waals surface area contributed by atoms with Crippen molar-refractivity contribution in [3.05, 3.63) is 30.6 Å². The van der Waals surface area contributed by atoms with Crippen LogP contribution in [0.4, 0.5) is 5.82 Å². The summed E-state index contributed by atoms with van der Waals surface area (Å²) in [6.07, 6.45) is 2.98. The fourth-order valence-electron chi connectivity index (χ4n) is 3.41. The Labute approximate surface area is 176 Å². The van der Waals surface area contributed by atoms with Crippen molar-refractivity contribution in [3.8, 4) is 11.4 Å². The molecule has 2 aromatic heterocycles. The number of hydrogen-bond donors (Lipinski definition) is 0. The third-order valence-electron chi connectivity index (χ3n) is 4.99. The van der Waals surface area contributed by atoms with Crippen LogP contribution in [0.5, 0.6) is 5.75 Å². The molecule has 1 amide bonds. The number of ether oxygens (including phenoxy) is 1. The lowest BCUT2D eigenvalue weighted by atomic mass is 10.2. The number of methoxy groups -OCH3 is 1. The molecule has 10 heteroatoms. The molecule has 4 rings (SSSR count). The summed E-state index contributed by atoms with van der Waals surface area (Å²) >= 11 is 3.38. The molecule has 0 bridgehead atoms. The van der Waals surface area contributed by atoms with Gasteiger partial charge in [0.15, 0.2) is 17.0 Å². The van der Waals surface area contributed by atoms with Crippen LogP contribution in [0.15, 0.2) is 30.6 Å². The monoisotopic (exact) mass is 459 g/mol. The van der Waals surface area contributed by atoms with E-state index >= 15 is 0 Å². The smallest absolute Gasteiger partial charge is 0.222 e. The van der Waals surface area contributed by atoms with Gasteiger partial charge in [0.05, 0.1) is 12.8 Å². The van der Waals surface area contributed by atoms with Crippen molar-refractivity contribution in [2.45, 2.75) is 12.8 Å². The number of halogens is 1. The lowest BCUT2D eigenvalue weighted by Gasteiger charge is -2.35. The summed E-state index contributed by atoms with van der Waals surface area (Å²) in [5.74, 6) is 1.74. The van der Waals surface area contributed by atoms with Crippen molar-refractivity contribution < 1.29 is 9.53 Å². The van der Waals surface area contributed by atoms with E-state index in [1.165, 1.54) is 6.33 Å². The maximum atomic E-state index is 12.2. The molecule has 0 N–H and O–H groups in total. The van der Waals surface area contributed by atoms with Gasteiger partial charge in [-0.2, -0.15) is 4.68 Å². The van der Waals surface area contributed by atoms with Crippen LogP contribution in [-0.4, -0.2) is 74.4 Å². The van der Waals surface area contributed by atoms with E-state index in [2.05, 4.69) is 41.1 Å². The predicted octanol–water partition coefficient (Wildman–Crippen LogP) is 2.04. The summed E-state index contributed by atoms with van der Waals surface area (Å²) in [6.45, 7) is 2.78. The van der Waals surface area contributed by atoms with Crippen LogP contribution in [0.1, 0.15) is 12.8 Å². The number of piperazine rings is 1. The Kier molecular flexibility index (Phi) is 5.89. The minimum absolute atomic E-state index is 0.211. The summed E-state index contributed by atoms with van der Waals surface area (Å²) in [5, 5.41) is 9.47. The molecule has 0 spiro atoms. The van der Waals surface area contributed by atoms with Gasteiger partial charge in [0.1, 0.15) is 12.1 Å². The highest BCUT2D eigenvalue weighted by Crippen LogP contribution is 2.24. The highest BCUT2D eigenvalue weighted by Gasteiger charge is 2.24. The standard InChI is InChI=1S/C19H22BrN7O2/c1-29-15-6-4-14(5-7-15)27-19-17(23-24-27)18(21-13-22-19)26-11-9-25(10-12-26)16(28)3-2-8-20/h4-7,13H,2-3,8-12H2,1H3. The number of benzene rings is 1. The van der Waals surface area contributed by atoms with Crippen LogP contribution in [0.3, 0.4) is 0 Å². The van der Waals surface area contributed by atoms with Crippen molar-refractivity contribution in [3.63, 3.8) is 0 Å². The molecule has 1 aliphatic heterocycles. The van der Waals surface area contributed by atoms with E-state index in [0.717, 1.165) is 29.0 Å². The Morgan fingerprint density at radius 3 is 2.59 bits per heavy atom. The highest BCUT2D eigenvalue weighted by molar-refractivity contribution is 9.09. The van der Waals surface area contributed by atoms with Crippen LogP contribution in [0, 0.1) is 0 Å². The quantitative estimate of drug-likeness (QED) is 0.520. The lowest BCUT2D eigenvalue weighted by Crippen LogP contribution is -2.49. The summed E-state index contributed by atoms with van der Waals surface area (Å²) in [6, 6.07) is 7.56. The zero-order chi connectivity index (χ0) is 20.2. The fraction of sp³-hybridized carbons (Fsp3) is 0.421. The maximum Gasteiger partial charge on any atom is 0.222 e. The average Bonchev–Trinajstić information content (AvgIpc) is 3.22. The van der Waals surface area contributed by atoms with Crippen molar-refractivity contribution in [1.29, 1.82) is 0 Å². The maximum absolute atomic E-state index is 12.2. The van der Waals surface area contributed by atoms with Crippen LogP contribution in [0.2, 0.25) is 0 Å². The molecule has 1 saturated heterocycles. The third-order valence-corrected chi connectivity index (χ3v) is 5.55.